The monoisotopic (exact) mass is 255 g/mol. The molecule has 0 bridgehead atoms. The predicted molar refractivity (Wildman–Crippen MR) is 62.5 cm³/mol. The van der Waals surface area contributed by atoms with Crippen molar-refractivity contribution >= 4 is 11.6 Å². The van der Waals surface area contributed by atoms with Crippen LogP contribution < -0.4 is 5.73 Å². The lowest BCUT2D eigenvalue weighted by Crippen LogP contribution is -2.19. The number of aliphatic hydroxyl groups excluding tert-OH is 1. The molecule has 17 heavy (non-hydrogen) atoms. The zero-order chi connectivity index (χ0) is 12.4. The largest absolute Gasteiger partial charge is 0.394 e. The Balaban J connectivity index is 2.46. The predicted octanol–water partition coefficient (Wildman–Crippen LogP) is 1.66. The van der Waals surface area contributed by atoms with Gasteiger partial charge in [-0.05, 0) is 18.2 Å². The molecule has 4 nitrogen and oxygen atoms in total. The zero-order valence-corrected chi connectivity index (χ0v) is 9.60. The molecular formula is C11H11ClFN3O. The average Bonchev–Trinajstić information content (AvgIpc) is 2.80. The third-order valence-electron chi connectivity index (χ3n) is 2.38. The van der Waals surface area contributed by atoms with Crippen molar-refractivity contribution in [3.05, 3.63) is 47.3 Å². The molecular weight excluding hydrogens is 245 g/mol. The molecule has 90 valence electrons. The number of aliphatic hydroxyl groups is 1. The van der Waals surface area contributed by atoms with E-state index < -0.39 is 11.9 Å². The molecule has 0 spiro atoms. The van der Waals surface area contributed by atoms with E-state index >= 15 is 0 Å². The van der Waals surface area contributed by atoms with Gasteiger partial charge in [0.1, 0.15) is 11.6 Å². The summed E-state index contributed by atoms with van der Waals surface area (Å²) in [4.78, 5) is 4.06. The Morgan fingerprint density at radius 1 is 1.53 bits per heavy atom. The molecule has 0 radical (unpaired) electrons. The van der Waals surface area contributed by atoms with Gasteiger partial charge in [0.2, 0.25) is 0 Å². The van der Waals surface area contributed by atoms with Crippen LogP contribution in [0.5, 0.6) is 0 Å². The number of nitrogens with two attached hydrogens (primary N) is 1. The van der Waals surface area contributed by atoms with Crippen molar-refractivity contribution in [3.63, 3.8) is 0 Å². The van der Waals surface area contributed by atoms with Gasteiger partial charge in [-0.15, -0.1) is 0 Å². The van der Waals surface area contributed by atoms with Gasteiger partial charge in [0.15, 0.2) is 0 Å². The lowest BCUT2D eigenvalue weighted by atomic mass is 10.2. The van der Waals surface area contributed by atoms with Crippen molar-refractivity contribution < 1.29 is 9.50 Å². The molecule has 0 saturated carbocycles. The number of benzene rings is 1. The van der Waals surface area contributed by atoms with E-state index in [-0.39, 0.29) is 11.6 Å². The number of hydrogen-bond acceptors (Lipinski definition) is 3. The van der Waals surface area contributed by atoms with E-state index in [4.69, 9.17) is 22.4 Å². The first-order valence-electron chi connectivity index (χ1n) is 4.98. The van der Waals surface area contributed by atoms with Gasteiger partial charge in [-0.3, -0.25) is 0 Å². The van der Waals surface area contributed by atoms with Crippen molar-refractivity contribution in [1.82, 2.24) is 9.55 Å². The molecule has 0 aliphatic heterocycles. The topological polar surface area (TPSA) is 64.1 Å². The lowest BCUT2D eigenvalue weighted by Gasteiger charge is -2.12. The summed E-state index contributed by atoms with van der Waals surface area (Å²) >= 11 is 5.71. The van der Waals surface area contributed by atoms with Crippen molar-refractivity contribution in [2.45, 2.75) is 6.04 Å². The van der Waals surface area contributed by atoms with Crippen molar-refractivity contribution in [2.75, 3.05) is 6.61 Å². The highest BCUT2D eigenvalue weighted by molar-refractivity contribution is 6.30. The van der Waals surface area contributed by atoms with Crippen molar-refractivity contribution in [2.24, 2.45) is 5.73 Å². The molecule has 0 amide bonds. The molecule has 0 fully saturated rings. The first kappa shape index (κ1) is 12.0. The molecule has 0 aliphatic rings. The standard InChI is InChI=1S/C11H11ClFN3O/c12-8-5-7(1-2-9(8)13)16-4-3-15-11(16)10(14)6-17/h1-5,10,17H,6,14H2/t10-/m0/s1. The molecule has 2 rings (SSSR count). The highest BCUT2D eigenvalue weighted by Gasteiger charge is 2.13. The van der Waals surface area contributed by atoms with Gasteiger partial charge in [0.05, 0.1) is 17.7 Å². The molecule has 3 N–H and O–H groups in total. The Morgan fingerprint density at radius 2 is 2.29 bits per heavy atom. The number of halogens is 2. The fraction of sp³-hybridized carbons (Fsp3) is 0.182. The smallest absolute Gasteiger partial charge is 0.141 e. The van der Waals surface area contributed by atoms with E-state index in [2.05, 4.69) is 4.98 Å². The highest BCUT2D eigenvalue weighted by Crippen LogP contribution is 2.21. The third-order valence-corrected chi connectivity index (χ3v) is 2.67. The van der Waals surface area contributed by atoms with E-state index in [1.165, 1.54) is 12.1 Å². The van der Waals surface area contributed by atoms with Crippen LogP contribution in [-0.4, -0.2) is 21.3 Å². The normalized spacial score (nSPS) is 12.7. The Bertz CT molecular complexity index is 529. The Hall–Kier alpha value is -1.43. The molecule has 0 saturated heterocycles. The van der Waals surface area contributed by atoms with Gasteiger partial charge in [-0.2, -0.15) is 0 Å². The molecule has 0 aliphatic carbocycles. The van der Waals surface area contributed by atoms with Gasteiger partial charge < -0.3 is 15.4 Å². The molecule has 1 aromatic heterocycles. The van der Waals surface area contributed by atoms with Crippen LogP contribution >= 0.6 is 11.6 Å². The van der Waals surface area contributed by atoms with Crippen LogP contribution in [0.3, 0.4) is 0 Å². The fourth-order valence-electron chi connectivity index (χ4n) is 1.52. The Morgan fingerprint density at radius 3 is 2.94 bits per heavy atom. The fourth-order valence-corrected chi connectivity index (χ4v) is 1.70. The van der Waals surface area contributed by atoms with Crippen LogP contribution in [0, 0.1) is 5.82 Å². The number of rotatable bonds is 3. The second-order valence-corrected chi connectivity index (χ2v) is 3.95. The molecule has 6 heteroatoms. The maximum atomic E-state index is 13.0. The minimum atomic E-state index is -0.589. The minimum Gasteiger partial charge on any atom is -0.394 e. The van der Waals surface area contributed by atoms with E-state index in [1.807, 2.05) is 0 Å². The van der Waals surface area contributed by atoms with Crippen LogP contribution in [0.2, 0.25) is 5.02 Å². The first-order chi connectivity index (χ1) is 8.13. The lowest BCUT2D eigenvalue weighted by molar-refractivity contribution is 0.262. The third kappa shape index (κ3) is 2.31. The average molecular weight is 256 g/mol. The maximum absolute atomic E-state index is 13.0. The van der Waals surface area contributed by atoms with E-state index in [0.717, 1.165) is 0 Å². The van der Waals surface area contributed by atoms with Crippen LogP contribution in [0.25, 0.3) is 5.69 Å². The van der Waals surface area contributed by atoms with Gasteiger partial charge in [0.25, 0.3) is 0 Å². The SMILES string of the molecule is N[C@@H](CO)c1nccn1-c1ccc(F)c(Cl)c1. The highest BCUT2D eigenvalue weighted by atomic mass is 35.5. The first-order valence-corrected chi connectivity index (χ1v) is 5.36. The van der Waals surface area contributed by atoms with E-state index in [1.54, 1.807) is 23.0 Å². The van der Waals surface area contributed by atoms with Crippen molar-refractivity contribution in [1.29, 1.82) is 0 Å². The van der Waals surface area contributed by atoms with Crippen LogP contribution in [0.15, 0.2) is 30.6 Å². The van der Waals surface area contributed by atoms with E-state index in [9.17, 15) is 4.39 Å². The quantitative estimate of drug-likeness (QED) is 0.877. The molecule has 1 heterocycles. The summed E-state index contributed by atoms with van der Waals surface area (Å²) in [6.45, 7) is -0.216. The van der Waals surface area contributed by atoms with Crippen LogP contribution in [0.4, 0.5) is 4.39 Å². The second kappa shape index (κ2) is 4.83. The number of imidazole rings is 1. The molecule has 1 atom stereocenters. The summed E-state index contributed by atoms with van der Waals surface area (Å²) in [5.41, 5.74) is 6.35. The summed E-state index contributed by atoms with van der Waals surface area (Å²) in [7, 11) is 0. The van der Waals surface area contributed by atoms with Crippen molar-refractivity contribution in [3.8, 4) is 5.69 Å². The number of hydrogen-bond donors (Lipinski definition) is 2. The molecule has 2 aromatic rings. The molecule has 1 aromatic carbocycles. The Labute approximate surface area is 102 Å². The summed E-state index contributed by atoms with van der Waals surface area (Å²) in [6.07, 6.45) is 3.23. The summed E-state index contributed by atoms with van der Waals surface area (Å²) in [6, 6.07) is 3.73. The number of nitrogens with zero attached hydrogens (tertiary/aromatic N) is 2. The van der Waals surface area contributed by atoms with Gasteiger partial charge in [-0.25, -0.2) is 9.37 Å². The second-order valence-electron chi connectivity index (χ2n) is 3.54. The summed E-state index contributed by atoms with van der Waals surface area (Å²) in [5, 5.41) is 9.04. The number of aromatic nitrogens is 2. The van der Waals surface area contributed by atoms with Gasteiger partial charge in [0, 0.05) is 18.1 Å². The summed E-state index contributed by atoms with van der Waals surface area (Å²) < 4.78 is 14.7. The Kier molecular flexibility index (Phi) is 3.42. The summed E-state index contributed by atoms with van der Waals surface area (Å²) in [5.74, 6) is 0.0127. The maximum Gasteiger partial charge on any atom is 0.141 e. The minimum absolute atomic E-state index is 0.0275. The van der Waals surface area contributed by atoms with Crippen LogP contribution in [-0.2, 0) is 0 Å². The van der Waals surface area contributed by atoms with Crippen LogP contribution in [0.1, 0.15) is 11.9 Å². The molecule has 0 unspecified atom stereocenters. The zero-order valence-electron chi connectivity index (χ0n) is 8.85. The van der Waals surface area contributed by atoms with Gasteiger partial charge >= 0.3 is 0 Å². The van der Waals surface area contributed by atoms with Gasteiger partial charge in [-0.1, -0.05) is 11.6 Å². The van der Waals surface area contributed by atoms with E-state index in [0.29, 0.717) is 11.5 Å².